The third kappa shape index (κ3) is 1.41. The van der Waals surface area contributed by atoms with Gasteiger partial charge in [-0.1, -0.05) is 5.16 Å². The number of anilines is 1. The SMILES string of the molecule is Nc1ncnc2[nH]c3c(c12)-c1noc(C2CC2)c1C(=O)NC3. The first-order valence-electron chi connectivity index (χ1n) is 7.13. The Bertz CT molecular complexity index is 936. The molecule has 0 unspecified atom stereocenters. The molecule has 5 rings (SSSR count). The molecule has 1 aliphatic heterocycles. The summed E-state index contributed by atoms with van der Waals surface area (Å²) in [6, 6.07) is 0. The molecule has 0 atom stereocenters. The number of carbonyl (C=O) groups excluding carboxylic acids is 1. The third-order valence-corrected chi connectivity index (χ3v) is 4.25. The van der Waals surface area contributed by atoms with E-state index >= 15 is 0 Å². The highest BCUT2D eigenvalue weighted by atomic mass is 16.5. The van der Waals surface area contributed by atoms with Crippen molar-refractivity contribution in [1.29, 1.82) is 0 Å². The lowest BCUT2D eigenvalue weighted by atomic mass is 10.0. The van der Waals surface area contributed by atoms with Gasteiger partial charge >= 0.3 is 0 Å². The number of nitrogen functional groups attached to an aromatic ring is 1. The van der Waals surface area contributed by atoms with Crippen LogP contribution in [0.25, 0.3) is 22.3 Å². The minimum atomic E-state index is -0.161. The molecule has 0 aromatic carbocycles. The van der Waals surface area contributed by atoms with Crippen LogP contribution in [0.2, 0.25) is 0 Å². The number of fused-ring (bicyclic) bond motifs is 5. The minimum absolute atomic E-state index is 0.161. The maximum Gasteiger partial charge on any atom is 0.257 e. The molecular weight excluding hydrogens is 284 g/mol. The zero-order chi connectivity index (χ0) is 14.8. The summed E-state index contributed by atoms with van der Waals surface area (Å²) in [7, 11) is 0. The lowest BCUT2D eigenvalue weighted by molar-refractivity contribution is 0.0950. The molecule has 110 valence electrons. The van der Waals surface area contributed by atoms with E-state index in [4.69, 9.17) is 10.3 Å². The highest BCUT2D eigenvalue weighted by Gasteiger charge is 2.38. The summed E-state index contributed by atoms with van der Waals surface area (Å²) in [6.45, 7) is 0.366. The van der Waals surface area contributed by atoms with Crippen LogP contribution in [0.1, 0.15) is 40.6 Å². The monoisotopic (exact) mass is 296 g/mol. The van der Waals surface area contributed by atoms with E-state index in [0.29, 0.717) is 46.3 Å². The van der Waals surface area contributed by atoms with E-state index in [0.717, 1.165) is 24.1 Å². The molecule has 1 fully saturated rings. The Morgan fingerprint density at radius 2 is 2.14 bits per heavy atom. The highest BCUT2D eigenvalue weighted by Crippen LogP contribution is 2.46. The van der Waals surface area contributed by atoms with Gasteiger partial charge in [0.1, 0.15) is 29.0 Å². The average molecular weight is 296 g/mol. The number of amides is 1. The minimum Gasteiger partial charge on any atom is -0.383 e. The van der Waals surface area contributed by atoms with Gasteiger partial charge in [0.2, 0.25) is 0 Å². The highest BCUT2D eigenvalue weighted by molar-refractivity contribution is 6.09. The predicted octanol–water partition coefficient (Wildman–Crippen LogP) is 1.32. The van der Waals surface area contributed by atoms with Gasteiger partial charge in [-0.25, -0.2) is 9.97 Å². The molecule has 0 radical (unpaired) electrons. The molecule has 8 nitrogen and oxygen atoms in total. The smallest absolute Gasteiger partial charge is 0.257 e. The molecule has 1 saturated carbocycles. The van der Waals surface area contributed by atoms with Gasteiger partial charge in [0.25, 0.3) is 5.91 Å². The lowest BCUT2D eigenvalue weighted by Gasteiger charge is -2.00. The fraction of sp³-hybridized carbons (Fsp3) is 0.286. The van der Waals surface area contributed by atoms with E-state index in [9.17, 15) is 4.79 Å². The van der Waals surface area contributed by atoms with Crippen molar-refractivity contribution in [3.8, 4) is 11.3 Å². The van der Waals surface area contributed by atoms with Crippen LogP contribution in [-0.2, 0) is 6.54 Å². The van der Waals surface area contributed by atoms with E-state index in [1.54, 1.807) is 0 Å². The number of H-pyrrole nitrogens is 1. The molecule has 0 saturated heterocycles. The van der Waals surface area contributed by atoms with E-state index in [1.165, 1.54) is 6.33 Å². The summed E-state index contributed by atoms with van der Waals surface area (Å²) in [4.78, 5) is 23.9. The van der Waals surface area contributed by atoms with Crippen LogP contribution in [0.3, 0.4) is 0 Å². The zero-order valence-electron chi connectivity index (χ0n) is 11.5. The van der Waals surface area contributed by atoms with Gasteiger partial charge in [-0.05, 0) is 12.8 Å². The fourth-order valence-corrected chi connectivity index (χ4v) is 3.06. The van der Waals surface area contributed by atoms with Gasteiger partial charge in [0.15, 0.2) is 5.76 Å². The Balaban J connectivity index is 1.88. The summed E-state index contributed by atoms with van der Waals surface area (Å²) in [5.41, 5.74) is 9.26. The number of carbonyl (C=O) groups is 1. The normalized spacial score (nSPS) is 17.0. The maximum absolute atomic E-state index is 12.4. The Morgan fingerprint density at radius 1 is 1.27 bits per heavy atom. The molecule has 0 bridgehead atoms. The van der Waals surface area contributed by atoms with Crippen molar-refractivity contribution < 1.29 is 9.32 Å². The molecule has 4 N–H and O–H groups in total. The maximum atomic E-state index is 12.4. The van der Waals surface area contributed by atoms with Crippen molar-refractivity contribution in [3.05, 3.63) is 23.3 Å². The fourth-order valence-electron chi connectivity index (χ4n) is 3.06. The molecule has 8 heteroatoms. The van der Waals surface area contributed by atoms with Crippen LogP contribution in [0, 0.1) is 0 Å². The molecule has 0 spiro atoms. The Hall–Kier alpha value is -2.90. The van der Waals surface area contributed by atoms with Gasteiger partial charge in [-0.3, -0.25) is 4.79 Å². The number of aromatic nitrogens is 4. The molecule has 4 heterocycles. The molecule has 3 aromatic rings. The Morgan fingerprint density at radius 3 is 2.95 bits per heavy atom. The number of nitrogens with zero attached hydrogens (tertiary/aromatic N) is 3. The summed E-state index contributed by atoms with van der Waals surface area (Å²) in [6.07, 6.45) is 3.47. The summed E-state index contributed by atoms with van der Waals surface area (Å²) in [5.74, 6) is 1.16. The van der Waals surface area contributed by atoms with Crippen LogP contribution in [-0.4, -0.2) is 26.0 Å². The van der Waals surface area contributed by atoms with Gasteiger partial charge in [-0.2, -0.15) is 0 Å². The second-order valence-corrected chi connectivity index (χ2v) is 5.69. The lowest BCUT2D eigenvalue weighted by Crippen LogP contribution is -2.22. The molecule has 22 heavy (non-hydrogen) atoms. The number of aromatic amines is 1. The van der Waals surface area contributed by atoms with Crippen LogP contribution in [0.4, 0.5) is 5.82 Å². The van der Waals surface area contributed by atoms with E-state index < -0.39 is 0 Å². The van der Waals surface area contributed by atoms with Crippen molar-refractivity contribution in [2.75, 3.05) is 5.73 Å². The number of rotatable bonds is 1. The summed E-state index contributed by atoms with van der Waals surface area (Å²) < 4.78 is 5.48. The van der Waals surface area contributed by atoms with Crippen LogP contribution in [0.5, 0.6) is 0 Å². The first kappa shape index (κ1) is 11.7. The Kier molecular flexibility index (Phi) is 2.05. The largest absolute Gasteiger partial charge is 0.383 e. The Labute approximate surface area is 124 Å². The molecule has 1 amide bonds. The van der Waals surface area contributed by atoms with Crippen molar-refractivity contribution in [2.24, 2.45) is 0 Å². The molecular formula is C14H12N6O2. The van der Waals surface area contributed by atoms with E-state index in [1.807, 2.05) is 0 Å². The zero-order valence-corrected chi connectivity index (χ0v) is 11.5. The second kappa shape index (κ2) is 3.85. The number of hydrogen-bond donors (Lipinski definition) is 3. The van der Waals surface area contributed by atoms with E-state index in [2.05, 4.69) is 25.4 Å². The van der Waals surface area contributed by atoms with Crippen molar-refractivity contribution in [1.82, 2.24) is 25.4 Å². The average Bonchev–Trinajstić information content (AvgIpc) is 3.17. The van der Waals surface area contributed by atoms with E-state index in [-0.39, 0.29) is 5.91 Å². The summed E-state index contributed by atoms with van der Waals surface area (Å²) >= 11 is 0. The third-order valence-electron chi connectivity index (χ3n) is 4.25. The first-order chi connectivity index (χ1) is 10.7. The van der Waals surface area contributed by atoms with Gasteiger partial charge in [0, 0.05) is 17.2 Å². The molecule has 3 aromatic heterocycles. The van der Waals surface area contributed by atoms with Crippen LogP contribution in [0.15, 0.2) is 10.9 Å². The van der Waals surface area contributed by atoms with Crippen LogP contribution < -0.4 is 11.1 Å². The van der Waals surface area contributed by atoms with Crippen molar-refractivity contribution >= 4 is 22.8 Å². The molecule has 2 aliphatic rings. The quantitative estimate of drug-likeness (QED) is 0.622. The second-order valence-electron chi connectivity index (χ2n) is 5.69. The number of nitrogens with two attached hydrogens (primary N) is 1. The van der Waals surface area contributed by atoms with Crippen molar-refractivity contribution in [3.63, 3.8) is 0 Å². The summed E-state index contributed by atoms with van der Waals surface area (Å²) in [5, 5.41) is 7.74. The van der Waals surface area contributed by atoms with Crippen molar-refractivity contribution in [2.45, 2.75) is 25.3 Å². The first-order valence-corrected chi connectivity index (χ1v) is 7.13. The topological polar surface area (TPSA) is 123 Å². The van der Waals surface area contributed by atoms with Crippen LogP contribution >= 0.6 is 0 Å². The van der Waals surface area contributed by atoms with Gasteiger partial charge in [-0.15, -0.1) is 0 Å². The van der Waals surface area contributed by atoms with Gasteiger partial charge in [0.05, 0.1) is 11.9 Å². The number of nitrogens with one attached hydrogen (secondary N) is 2. The predicted molar refractivity (Wildman–Crippen MR) is 76.9 cm³/mol. The van der Waals surface area contributed by atoms with Gasteiger partial charge < -0.3 is 20.6 Å². The molecule has 1 aliphatic carbocycles. The number of hydrogen-bond acceptors (Lipinski definition) is 6. The standard InChI is InChI=1S/C14H12N6O2/c15-12-8-7-6(19-13(8)18-4-17-12)3-16-14(21)9-10(7)20-22-11(9)5-1-2-5/h4-5H,1-3H2,(H,16,21)(H3,15,17,18,19).